The lowest BCUT2D eigenvalue weighted by molar-refractivity contribution is 0.0949. The molecule has 0 bridgehead atoms. The standard InChI is InChI=1S/C20H18N2O3S/c21-19(23)15-5-3-14(4-6-15)12-22-20(24)16-7-9-17(10-8-16)25-13-18-2-1-11-26-18/h1-11H,12-13H2,(H2,21,23)(H,22,24). The highest BCUT2D eigenvalue weighted by molar-refractivity contribution is 7.09. The van der Waals surface area contributed by atoms with Crippen molar-refractivity contribution in [2.45, 2.75) is 13.2 Å². The first kappa shape index (κ1) is 17.7. The van der Waals surface area contributed by atoms with Gasteiger partial charge in [0, 0.05) is 22.5 Å². The molecule has 132 valence electrons. The summed E-state index contributed by atoms with van der Waals surface area (Å²) < 4.78 is 5.69. The Morgan fingerprint density at radius 3 is 2.27 bits per heavy atom. The van der Waals surface area contributed by atoms with Crippen molar-refractivity contribution in [3.63, 3.8) is 0 Å². The Morgan fingerprint density at radius 1 is 0.962 bits per heavy atom. The number of amides is 2. The lowest BCUT2D eigenvalue weighted by atomic mass is 10.1. The number of hydrogen-bond acceptors (Lipinski definition) is 4. The maximum Gasteiger partial charge on any atom is 0.251 e. The largest absolute Gasteiger partial charge is 0.488 e. The van der Waals surface area contributed by atoms with Crippen molar-refractivity contribution < 1.29 is 14.3 Å². The van der Waals surface area contributed by atoms with E-state index in [1.807, 2.05) is 17.5 Å². The Labute approximate surface area is 155 Å². The van der Waals surface area contributed by atoms with Crippen LogP contribution in [-0.4, -0.2) is 11.8 Å². The molecule has 5 nitrogen and oxygen atoms in total. The molecule has 1 heterocycles. The van der Waals surface area contributed by atoms with Crippen LogP contribution in [0.2, 0.25) is 0 Å². The van der Waals surface area contributed by atoms with E-state index in [1.165, 1.54) is 0 Å². The molecule has 6 heteroatoms. The number of carbonyl (C=O) groups excluding carboxylic acids is 2. The highest BCUT2D eigenvalue weighted by atomic mass is 32.1. The van der Waals surface area contributed by atoms with E-state index in [0.717, 1.165) is 16.2 Å². The van der Waals surface area contributed by atoms with Crippen LogP contribution in [-0.2, 0) is 13.2 Å². The molecule has 0 aliphatic rings. The van der Waals surface area contributed by atoms with Crippen molar-refractivity contribution in [3.8, 4) is 5.75 Å². The summed E-state index contributed by atoms with van der Waals surface area (Å²) >= 11 is 1.64. The van der Waals surface area contributed by atoms with E-state index >= 15 is 0 Å². The fourth-order valence-electron chi connectivity index (χ4n) is 2.32. The van der Waals surface area contributed by atoms with Crippen LogP contribution in [0.25, 0.3) is 0 Å². The van der Waals surface area contributed by atoms with Gasteiger partial charge in [0.05, 0.1) is 0 Å². The summed E-state index contributed by atoms with van der Waals surface area (Å²) in [7, 11) is 0. The molecule has 0 saturated carbocycles. The normalized spacial score (nSPS) is 10.3. The number of carbonyl (C=O) groups is 2. The minimum atomic E-state index is -0.470. The van der Waals surface area contributed by atoms with Crippen molar-refractivity contribution in [2.24, 2.45) is 5.73 Å². The van der Waals surface area contributed by atoms with Gasteiger partial charge in [0.2, 0.25) is 5.91 Å². The van der Waals surface area contributed by atoms with E-state index in [2.05, 4.69) is 5.32 Å². The van der Waals surface area contributed by atoms with E-state index in [9.17, 15) is 9.59 Å². The van der Waals surface area contributed by atoms with Gasteiger partial charge in [0.25, 0.3) is 5.91 Å². The van der Waals surface area contributed by atoms with E-state index in [-0.39, 0.29) is 5.91 Å². The number of primary amides is 1. The number of thiophene rings is 1. The second-order valence-electron chi connectivity index (χ2n) is 5.64. The summed E-state index contributed by atoms with van der Waals surface area (Å²) in [5.41, 5.74) is 7.09. The smallest absolute Gasteiger partial charge is 0.251 e. The van der Waals surface area contributed by atoms with Crippen LogP contribution in [0.3, 0.4) is 0 Å². The quantitative estimate of drug-likeness (QED) is 0.673. The number of ether oxygens (including phenoxy) is 1. The molecule has 0 atom stereocenters. The van der Waals surface area contributed by atoms with Crippen LogP contribution in [0.15, 0.2) is 66.0 Å². The highest BCUT2D eigenvalue weighted by Gasteiger charge is 2.06. The fraction of sp³-hybridized carbons (Fsp3) is 0.100. The first-order valence-electron chi connectivity index (χ1n) is 8.04. The molecule has 0 aliphatic heterocycles. The average molecular weight is 366 g/mol. The Morgan fingerprint density at radius 2 is 1.65 bits per heavy atom. The fourth-order valence-corrected chi connectivity index (χ4v) is 2.94. The second-order valence-corrected chi connectivity index (χ2v) is 6.67. The van der Waals surface area contributed by atoms with Gasteiger partial charge in [-0.2, -0.15) is 0 Å². The monoisotopic (exact) mass is 366 g/mol. The third kappa shape index (κ3) is 4.70. The van der Waals surface area contributed by atoms with Gasteiger partial charge in [-0.1, -0.05) is 18.2 Å². The van der Waals surface area contributed by atoms with Gasteiger partial charge in [0.15, 0.2) is 0 Å². The zero-order chi connectivity index (χ0) is 18.4. The minimum Gasteiger partial charge on any atom is -0.488 e. The SMILES string of the molecule is NC(=O)c1ccc(CNC(=O)c2ccc(OCc3cccs3)cc2)cc1. The molecule has 0 spiro atoms. The summed E-state index contributed by atoms with van der Waals surface area (Å²) in [6.07, 6.45) is 0. The predicted molar refractivity (Wildman–Crippen MR) is 101 cm³/mol. The van der Waals surface area contributed by atoms with Crippen molar-refractivity contribution in [2.75, 3.05) is 0 Å². The van der Waals surface area contributed by atoms with Gasteiger partial charge in [-0.05, 0) is 53.4 Å². The van der Waals surface area contributed by atoms with E-state index < -0.39 is 5.91 Å². The van der Waals surface area contributed by atoms with Gasteiger partial charge in [0.1, 0.15) is 12.4 Å². The van der Waals surface area contributed by atoms with Crippen LogP contribution < -0.4 is 15.8 Å². The number of benzene rings is 2. The van der Waals surface area contributed by atoms with Crippen LogP contribution in [0.4, 0.5) is 0 Å². The van der Waals surface area contributed by atoms with Crippen LogP contribution in [0.5, 0.6) is 5.75 Å². The molecule has 26 heavy (non-hydrogen) atoms. The zero-order valence-corrected chi connectivity index (χ0v) is 14.8. The topological polar surface area (TPSA) is 81.4 Å². The molecular weight excluding hydrogens is 348 g/mol. The lowest BCUT2D eigenvalue weighted by Crippen LogP contribution is -2.22. The summed E-state index contributed by atoms with van der Waals surface area (Å²) in [5, 5.41) is 4.85. The lowest BCUT2D eigenvalue weighted by Gasteiger charge is -2.08. The van der Waals surface area contributed by atoms with Crippen LogP contribution in [0, 0.1) is 0 Å². The van der Waals surface area contributed by atoms with Gasteiger partial charge >= 0.3 is 0 Å². The molecule has 2 amide bonds. The van der Waals surface area contributed by atoms with Crippen molar-refractivity contribution in [3.05, 3.63) is 87.6 Å². The third-order valence-electron chi connectivity index (χ3n) is 3.77. The van der Waals surface area contributed by atoms with E-state index in [0.29, 0.717) is 24.3 Å². The van der Waals surface area contributed by atoms with Crippen LogP contribution >= 0.6 is 11.3 Å². The molecule has 1 aromatic heterocycles. The molecular formula is C20H18N2O3S. The van der Waals surface area contributed by atoms with Gasteiger partial charge in [-0.3, -0.25) is 9.59 Å². The second kappa shape index (κ2) is 8.31. The van der Waals surface area contributed by atoms with Crippen molar-refractivity contribution in [1.82, 2.24) is 5.32 Å². The zero-order valence-electron chi connectivity index (χ0n) is 14.0. The molecule has 0 aliphatic carbocycles. The van der Waals surface area contributed by atoms with Crippen LogP contribution in [0.1, 0.15) is 31.2 Å². The summed E-state index contributed by atoms with van der Waals surface area (Å²) in [6.45, 7) is 0.888. The van der Waals surface area contributed by atoms with Gasteiger partial charge in [-0.15, -0.1) is 11.3 Å². The number of hydrogen-bond donors (Lipinski definition) is 2. The summed E-state index contributed by atoms with van der Waals surface area (Å²) in [5.74, 6) is 0.0766. The van der Waals surface area contributed by atoms with E-state index in [4.69, 9.17) is 10.5 Å². The third-order valence-corrected chi connectivity index (χ3v) is 4.62. The molecule has 0 unspecified atom stereocenters. The number of nitrogens with one attached hydrogen (secondary N) is 1. The van der Waals surface area contributed by atoms with E-state index in [1.54, 1.807) is 59.9 Å². The Hall–Kier alpha value is -3.12. The molecule has 0 radical (unpaired) electrons. The van der Waals surface area contributed by atoms with Gasteiger partial charge < -0.3 is 15.8 Å². The molecule has 3 rings (SSSR count). The molecule has 0 saturated heterocycles. The molecule has 3 N–H and O–H groups in total. The Balaban J connectivity index is 1.51. The number of nitrogens with two attached hydrogens (primary N) is 1. The average Bonchev–Trinajstić information content (AvgIpc) is 3.19. The number of rotatable bonds is 7. The molecule has 0 fully saturated rings. The first-order valence-corrected chi connectivity index (χ1v) is 8.92. The maximum atomic E-state index is 12.2. The summed E-state index contributed by atoms with van der Waals surface area (Å²) in [6, 6.07) is 17.8. The Bertz CT molecular complexity index is 872. The van der Waals surface area contributed by atoms with Gasteiger partial charge in [-0.25, -0.2) is 0 Å². The maximum absolute atomic E-state index is 12.2. The first-order chi connectivity index (χ1) is 12.6. The van der Waals surface area contributed by atoms with Crippen molar-refractivity contribution in [1.29, 1.82) is 0 Å². The minimum absolute atomic E-state index is 0.172. The molecule has 2 aromatic carbocycles. The Kier molecular flexibility index (Phi) is 5.66. The van der Waals surface area contributed by atoms with Crippen molar-refractivity contribution >= 4 is 23.2 Å². The predicted octanol–water partition coefficient (Wildman–Crippen LogP) is 3.36. The molecule has 3 aromatic rings. The summed E-state index contributed by atoms with van der Waals surface area (Å²) in [4.78, 5) is 24.4. The highest BCUT2D eigenvalue weighted by Crippen LogP contribution is 2.16.